The molecule has 9 heteroatoms. The Morgan fingerprint density at radius 1 is 0.889 bits per heavy atom. The van der Waals surface area contributed by atoms with E-state index in [2.05, 4.69) is 0 Å². The smallest absolute Gasteiger partial charge is 0.343 e. The molecule has 2 aromatic rings. The Hall–Kier alpha value is -3.88. The van der Waals surface area contributed by atoms with Gasteiger partial charge >= 0.3 is 11.9 Å². The van der Waals surface area contributed by atoms with Crippen LogP contribution in [0.4, 0.5) is 0 Å². The summed E-state index contributed by atoms with van der Waals surface area (Å²) in [5, 5.41) is 57.9. The maximum Gasteiger partial charge on any atom is 0.343 e. The number of rotatable bonds is 4. The summed E-state index contributed by atoms with van der Waals surface area (Å²) in [6, 6.07) is 6.62. The number of aliphatic hydroxyl groups excluding tert-OH is 1. The molecule has 0 saturated carbocycles. The van der Waals surface area contributed by atoms with Crippen molar-refractivity contribution in [2.75, 3.05) is 0 Å². The van der Waals surface area contributed by atoms with E-state index in [-0.39, 0.29) is 16.7 Å². The number of hydrogen-bond acceptors (Lipinski definition) is 8. The molecule has 2 unspecified atom stereocenters. The molecule has 0 fully saturated rings. The molecule has 2 aromatic carbocycles. The maximum absolute atomic E-state index is 12.2. The summed E-state index contributed by atoms with van der Waals surface area (Å²) >= 11 is 0. The molecule has 6 N–H and O–H groups in total. The fraction of sp³-hybridized carbons (Fsp3) is 0.111. The van der Waals surface area contributed by atoms with Crippen LogP contribution in [0.2, 0.25) is 0 Å². The van der Waals surface area contributed by atoms with Gasteiger partial charge in [-0.3, -0.25) is 4.79 Å². The Balaban J connectivity index is 2.07. The molecule has 0 bridgehead atoms. The van der Waals surface area contributed by atoms with E-state index in [1.807, 2.05) is 0 Å². The number of aliphatic carboxylic acids is 1. The second kappa shape index (κ2) is 6.45. The summed E-state index contributed by atoms with van der Waals surface area (Å²) in [5.41, 5.74) is -0.352. The van der Waals surface area contributed by atoms with Crippen molar-refractivity contribution in [3.05, 3.63) is 53.3 Å². The summed E-state index contributed by atoms with van der Waals surface area (Å²) in [4.78, 5) is 23.9. The Labute approximate surface area is 151 Å². The number of phenols is 4. The van der Waals surface area contributed by atoms with Gasteiger partial charge in [0.15, 0.2) is 29.1 Å². The fourth-order valence-electron chi connectivity index (χ4n) is 2.83. The van der Waals surface area contributed by atoms with Crippen molar-refractivity contribution >= 4 is 17.5 Å². The topological polar surface area (TPSA) is 165 Å². The van der Waals surface area contributed by atoms with Gasteiger partial charge in [-0.1, -0.05) is 12.1 Å². The van der Waals surface area contributed by atoms with Gasteiger partial charge in [-0.05, 0) is 35.4 Å². The van der Waals surface area contributed by atoms with Crippen molar-refractivity contribution < 1.29 is 45.0 Å². The number of cyclic esters (lactones) is 1. The second-order valence-electron chi connectivity index (χ2n) is 5.85. The molecule has 1 aliphatic rings. The lowest BCUT2D eigenvalue weighted by atomic mass is 9.91. The SMILES string of the molecule is O=C1OC(C(C(=O)O)c2ccc(O)c(O)c2)C(O)=C1c1ccc(O)c(O)c1. The number of phenolic OH excluding ortho intramolecular Hbond substituents is 4. The van der Waals surface area contributed by atoms with E-state index in [4.69, 9.17) is 4.74 Å². The van der Waals surface area contributed by atoms with Crippen molar-refractivity contribution in [3.63, 3.8) is 0 Å². The van der Waals surface area contributed by atoms with Crippen LogP contribution in [0.1, 0.15) is 17.0 Å². The van der Waals surface area contributed by atoms with Gasteiger partial charge in [0, 0.05) is 0 Å². The molecule has 0 aromatic heterocycles. The number of ether oxygens (including phenoxy) is 1. The van der Waals surface area contributed by atoms with Crippen molar-refractivity contribution in [2.24, 2.45) is 0 Å². The number of aliphatic hydroxyl groups is 1. The first kappa shape index (κ1) is 17.9. The average Bonchev–Trinajstić information content (AvgIpc) is 2.88. The van der Waals surface area contributed by atoms with Crippen LogP contribution in [0, 0.1) is 0 Å². The quantitative estimate of drug-likeness (QED) is 0.344. The first-order valence-corrected chi connectivity index (χ1v) is 7.62. The molecule has 0 radical (unpaired) electrons. The number of carbonyl (C=O) groups excluding carboxylic acids is 1. The number of carboxylic acid groups (broad SMARTS) is 1. The number of hydrogen-bond donors (Lipinski definition) is 6. The monoisotopic (exact) mass is 374 g/mol. The normalized spacial score (nSPS) is 17.6. The lowest BCUT2D eigenvalue weighted by molar-refractivity contribution is -0.147. The van der Waals surface area contributed by atoms with Crippen LogP contribution >= 0.6 is 0 Å². The third-order valence-electron chi connectivity index (χ3n) is 4.16. The van der Waals surface area contributed by atoms with Gasteiger partial charge < -0.3 is 35.4 Å². The Morgan fingerprint density at radius 2 is 1.48 bits per heavy atom. The second-order valence-corrected chi connectivity index (χ2v) is 5.85. The molecule has 1 heterocycles. The van der Waals surface area contributed by atoms with Gasteiger partial charge in [-0.25, -0.2) is 4.79 Å². The van der Waals surface area contributed by atoms with Crippen LogP contribution in [0.5, 0.6) is 23.0 Å². The van der Waals surface area contributed by atoms with E-state index in [9.17, 15) is 40.2 Å². The van der Waals surface area contributed by atoms with Gasteiger partial charge in [-0.15, -0.1) is 0 Å². The van der Waals surface area contributed by atoms with Crippen molar-refractivity contribution in [2.45, 2.75) is 12.0 Å². The summed E-state index contributed by atoms with van der Waals surface area (Å²) in [5.74, 6) is -6.72. The van der Waals surface area contributed by atoms with Crippen LogP contribution in [-0.2, 0) is 14.3 Å². The minimum Gasteiger partial charge on any atom is -0.507 e. The van der Waals surface area contributed by atoms with Gasteiger partial charge in [0.1, 0.15) is 17.3 Å². The highest BCUT2D eigenvalue weighted by atomic mass is 16.6. The molecule has 3 rings (SSSR count). The number of carbonyl (C=O) groups is 2. The highest BCUT2D eigenvalue weighted by Crippen LogP contribution is 2.40. The van der Waals surface area contributed by atoms with Crippen LogP contribution in [0.3, 0.4) is 0 Å². The van der Waals surface area contributed by atoms with Gasteiger partial charge in [0.05, 0.1) is 0 Å². The molecule has 140 valence electrons. The Kier molecular flexibility index (Phi) is 4.28. The molecule has 27 heavy (non-hydrogen) atoms. The highest BCUT2D eigenvalue weighted by Gasteiger charge is 2.44. The van der Waals surface area contributed by atoms with Crippen LogP contribution in [-0.4, -0.2) is 48.7 Å². The van der Waals surface area contributed by atoms with Gasteiger partial charge in [0.2, 0.25) is 0 Å². The predicted molar refractivity (Wildman–Crippen MR) is 89.3 cm³/mol. The van der Waals surface area contributed by atoms with Crippen molar-refractivity contribution in [3.8, 4) is 23.0 Å². The molecule has 1 aliphatic heterocycles. The van der Waals surface area contributed by atoms with E-state index < -0.39 is 52.7 Å². The summed E-state index contributed by atoms with van der Waals surface area (Å²) < 4.78 is 5.03. The first-order chi connectivity index (χ1) is 12.7. The zero-order chi connectivity index (χ0) is 19.9. The molecule has 9 nitrogen and oxygen atoms in total. The van der Waals surface area contributed by atoms with E-state index in [1.54, 1.807) is 0 Å². The minimum atomic E-state index is -1.59. The van der Waals surface area contributed by atoms with E-state index >= 15 is 0 Å². The fourth-order valence-corrected chi connectivity index (χ4v) is 2.83. The zero-order valence-corrected chi connectivity index (χ0v) is 13.5. The Bertz CT molecular complexity index is 977. The van der Waals surface area contributed by atoms with Crippen LogP contribution in [0.15, 0.2) is 42.2 Å². The van der Waals surface area contributed by atoms with E-state index in [0.717, 1.165) is 24.3 Å². The van der Waals surface area contributed by atoms with E-state index in [1.165, 1.54) is 12.1 Å². The largest absolute Gasteiger partial charge is 0.507 e. The summed E-state index contributed by atoms with van der Waals surface area (Å²) in [7, 11) is 0. The number of carboxylic acids is 1. The summed E-state index contributed by atoms with van der Waals surface area (Å²) in [6.07, 6.45) is -1.59. The molecule has 0 spiro atoms. The summed E-state index contributed by atoms with van der Waals surface area (Å²) in [6.45, 7) is 0. The minimum absolute atomic E-state index is 0.0167. The van der Waals surface area contributed by atoms with Crippen molar-refractivity contribution in [1.82, 2.24) is 0 Å². The molecule has 0 saturated heterocycles. The molecule has 0 aliphatic carbocycles. The maximum atomic E-state index is 12.2. The predicted octanol–water partition coefficient (Wildman–Crippen LogP) is 1.57. The lowest BCUT2D eigenvalue weighted by Crippen LogP contribution is -2.28. The average molecular weight is 374 g/mol. The highest BCUT2D eigenvalue weighted by molar-refractivity contribution is 6.19. The number of aromatic hydroxyl groups is 4. The molecular formula is C18H14O9. The zero-order valence-electron chi connectivity index (χ0n) is 13.5. The number of esters is 1. The third kappa shape index (κ3) is 3.06. The van der Waals surface area contributed by atoms with Gasteiger partial charge in [-0.2, -0.15) is 0 Å². The number of benzene rings is 2. The Morgan fingerprint density at radius 3 is 2.04 bits per heavy atom. The van der Waals surface area contributed by atoms with Gasteiger partial charge in [0.25, 0.3) is 0 Å². The van der Waals surface area contributed by atoms with E-state index in [0.29, 0.717) is 0 Å². The molecule has 2 atom stereocenters. The standard InChI is InChI=1S/C18H14O9/c19-9-3-1-7(5-11(9)21)13-15(23)16(27-18(13)26)14(17(24)25)8-2-4-10(20)12(22)6-8/h1-6,14,16,19-23H,(H,24,25). The van der Waals surface area contributed by atoms with Crippen LogP contribution < -0.4 is 0 Å². The van der Waals surface area contributed by atoms with Crippen LogP contribution in [0.25, 0.3) is 5.57 Å². The van der Waals surface area contributed by atoms with Crippen molar-refractivity contribution in [1.29, 1.82) is 0 Å². The molecule has 0 amide bonds. The molecular weight excluding hydrogens is 360 g/mol. The third-order valence-corrected chi connectivity index (χ3v) is 4.16. The lowest BCUT2D eigenvalue weighted by Gasteiger charge is -2.19. The first-order valence-electron chi connectivity index (χ1n) is 7.62.